The molecule has 0 bridgehead atoms. The Morgan fingerprint density at radius 1 is 1.15 bits per heavy atom. The van der Waals surface area contributed by atoms with Gasteiger partial charge in [-0.15, -0.1) is 0 Å². The third-order valence-corrected chi connectivity index (χ3v) is 5.40. The molecule has 0 fully saturated rings. The summed E-state index contributed by atoms with van der Waals surface area (Å²) in [6, 6.07) is 9.59. The van der Waals surface area contributed by atoms with Crippen LogP contribution in [0.15, 0.2) is 53.7 Å². The van der Waals surface area contributed by atoms with E-state index in [4.69, 9.17) is 0 Å². The lowest BCUT2D eigenvalue weighted by molar-refractivity contribution is 0.0690. The minimum atomic E-state index is -3.65. The number of pyridine rings is 1. The van der Waals surface area contributed by atoms with Crippen molar-refractivity contribution < 1.29 is 13.2 Å². The zero-order chi connectivity index (χ0) is 19.3. The van der Waals surface area contributed by atoms with Crippen LogP contribution in [0.25, 0.3) is 0 Å². The van der Waals surface area contributed by atoms with Crippen molar-refractivity contribution in [3.05, 3.63) is 59.9 Å². The molecule has 0 saturated carbocycles. The van der Waals surface area contributed by atoms with E-state index in [2.05, 4.69) is 9.71 Å². The maximum absolute atomic E-state index is 13.0. The molecule has 0 saturated heterocycles. The number of hydrogen-bond acceptors (Lipinski definition) is 4. The summed E-state index contributed by atoms with van der Waals surface area (Å²) in [6.45, 7) is 7.76. The van der Waals surface area contributed by atoms with Crippen molar-refractivity contribution in [2.24, 2.45) is 0 Å². The first-order chi connectivity index (χ1) is 12.2. The van der Waals surface area contributed by atoms with Crippen LogP contribution in [0.1, 0.15) is 43.6 Å². The summed E-state index contributed by atoms with van der Waals surface area (Å²) < 4.78 is 27.3. The number of rotatable bonds is 7. The Balaban J connectivity index is 2.31. The lowest BCUT2D eigenvalue weighted by Gasteiger charge is -2.27. The highest BCUT2D eigenvalue weighted by Crippen LogP contribution is 2.17. The topological polar surface area (TPSA) is 79.4 Å². The SMILES string of the molecule is CC(C)NS(=O)(=O)c1cccc(C(=O)N(Cc2cccnc2)C(C)C)c1. The van der Waals surface area contributed by atoms with E-state index in [0.29, 0.717) is 12.1 Å². The Labute approximate surface area is 155 Å². The molecule has 0 aliphatic rings. The van der Waals surface area contributed by atoms with Crippen LogP contribution in [0, 0.1) is 0 Å². The highest BCUT2D eigenvalue weighted by molar-refractivity contribution is 7.89. The summed E-state index contributed by atoms with van der Waals surface area (Å²) in [4.78, 5) is 18.8. The third-order valence-electron chi connectivity index (χ3n) is 3.74. The maximum atomic E-state index is 13.0. The zero-order valence-electron chi connectivity index (χ0n) is 15.5. The van der Waals surface area contributed by atoms with Gasteiger partial charge in [0.15, 0.2) is 0 Å². The van der Waals surface area contributed by atoms with Gasteiger partial charge in [-0.05, 0) is 57.5 Å². The second kappa shape index (κ2) is 8.42. The molecule has 1 heterocycles. The van der Waals surface area contributed by atoms with Gasteiger partial charge in [-0.3, -0.25) is 9.78 Å². The van der Waals surface area contributed by atoms with Crippen molar-refractivity contribution >= 4 is 15.9 Å². The normalized spacial score (nSPS) is 11.8. The van der Waals surface area contributed by atoms with Crippen LogP contribution in [-0.2, 0) is 16.6 Å². The minimum absolute atomic E-state index is 0.0447. The first kappa shape index (κ1) is 20.1. The molecule has 1 aromatic heterocycles. The number of hydrogen-bond donors (Lipinski definition) is 1. The molecule has 2 rings (SSSR count). The van der Waals surface area contributed by atoms with E-state index in [1.54, 1.807) is 43.3 Å². The van der Waals surface area contributed by atoms with Crippen LogP contribution >= 0.6 is 0 Å². The molecule has 140 valence electrons. The highest BCUT2D eigenvalue weighted by Gasteiger charge is 2.22. The van der Waals surface area contributed by atoms with Crippen molar-refractivity contribution in [3.63, 3.8) is 0 Å². The van der Waals surface area contributed by atoms with E-state index >= 15 is 0 Å². The van der Waals surface area contributed by atoms with Gasteiger partial charge in [0.1, 0.15) is 0 Å². The molecule has 0 aliphatic heterocycles. The van der Waals surface area contributed by atoms with Gasteiger partial charge in [0.05, 0.1) is 4.90 Å². The minimum Gasteiger partial charge on any atom is -0.332 e. The molecule has 0 spiro atoms. The van der Waals surface area contributed by atoms with Gasteiger partial charge < -0.3 is 4.90 Å². The number of benzene rings is 1. The van der Waals surface area contributed by atoms with Crippen LogP contribution in [0.4, 0.5) is 0 Å². The number of nitrogens with zero attached hydrogens (tertiary/aromatic N) is 2. The van der Waals surface area contributed by atoms with E-state index in [1.165, 1.54) is 12.1 Å². The van der Waals surface area contributed by atoms with E-state index in [0.717, 1.165) is 5.56 Å². The molecular weight excluding hydrogens is 350 g/mol. The van der Waals surface area contributed by atoms with Crippen LogP contribution in [0.3, 0.4) is 0 Å². The quantitative estimate of drug-likeness (QED) is 0.807. The molecule has 0 radical (unpaired) electrons. The van der Waals surface area contributed by atoms with Gasteiger partial charge in [0.25, 0.3) is 5.91 Å². The molecule has 26 heavy (non-hydrogen) atoms. The van der Waals surface area contributed by atoms with Crippen molar-refractivity contribution in [1.82, 2.24) is 14.6 Å². The molecular formula is C19H25N3O3S. The van der Waals surface area contributed by atoms with Gasteiger partial charge >= 0.3 is 0 Å². The molecule has 1 N–H and O–H groups in total. The van der Waals surface area contributed by atoms with E-state index in [-0.39, 0.29) is 22.9 Å². The van der Waals surface area contributed by atoms with Crippen molar-refractivity contribution in [3.8, 4) is 0 Å². The van der Waals surface area contributed by atoms with E-state index in [1.807, 2.05) is 26.0 Å². The molecule has 0 atom stereocenters. The van der Waals surface area contributed by atoms with Crippen molar-refractivity contribution in [2.45, 2.75) is 51.2 Å². The first-order valence-electron chi connectivity index (χ1n) is 8.53. The molecule has 1 aromatic carbocycles. The van der Waals surface area contributed by atoms with Crippen LogP contribution in [0.5, 0.6) is 0 Å². The predicted octanol–water partition coefficient (Wildman–Crippen LogP) is 2.82. The molecule has 2 aromatic rings. The number of aromatic nitrogens is 1. The average Bonchev–Trinajstić information content (AvgIpc) is 2.59. The monoisotopic (exact) mass is 375 g/mol. The Kier molecular flexibility index (Phi) is 6.50. The summed E-state index contributed by atoms with van der Waals surface area (Å²) >= 11 is 0. The number of carbonyl (C=O) groups is 1. The Morgan fingerprint density at radius 2 is 1.88 bits per heavy atom. The van der Waals surface area contributed by atoms with E-state index in [9.17, 15) is 13.2 Å². The smallest absolute Gasteiger partial charge is 0.254 e. The van der Waals surface area contributed by atoms with E-state index < -0.39 is 10.0 Å². The maximum Gasteiger partial charge on any atom is 0.254 e. The lowest BCUT2D eigenvalue weighted by atomic mass is 10.1. The fourth-order valence-corrected chi connectivity index (χ4v) is 3.81. The van der Waals surface area contributed by atoms with Crippen molar-refractivity contribution in [1.29, 1.82) is 0 Å². The average molecular weight is 375 g/mol. The standard InChI is InChI=1S/C19H25N3O3S/c1-14(2)21-26(24,25)18-9-5-8-17(11-18)19(23)22(15(3)4)13-16-7-6-10-20-12-16/h5-12,14-15,21H,13H2,1-4H3. The van der Waals surface area contributed by atoms with Gasteiger partial charge in [-0.2, -0.15) is 0 Å². The van der Waals surface area contributed by atoms with Crippen LogP contribution < -0.4 is 4.72 Å². The van der Waals surface area contributed by atoms with Gasteiger partial charge in [0, 0.05) is 36.6 Å². The zero-order valence-corrected chi connectivity index (χ0v) is 16.3. The fraction of sp³-hybridized carbons (Fsp3) is 0.368. The number of sulfonamides is 1. The Morgan fingerprint density at radius 3 is 2.46 bits per heavy atom. The summed E-state index contributed by atoms with van der Waals surface area (Å²) in [7, 11) is -3.65. The number of amides is 1. The molecule has 6 nitrogen and oxygen atoms in total. The largest absolute Gasteiger partial charge is 0.332 e. The fourth-order valence-electron chi connectivity index (χ4n) is 2.52. The van der Waals surface area contributed by atoms with Crippen LogP contribution in [-0.4, -0.2) is 36.3 Å². The summed E-state index contributed by atoms with van der Waals surface area (Å²) in [5, 5.41) is 0. The highest BCUT2D eigenvalue weighted by atomic mass is 32.2. The lowest BCUT2D eigenvalue weighted by Crippen LogP contribution is -2.36. The Hall–Kier alpha value is -2.25. The molecule has 0 aliphatic carbocycles. The van der Waals surface area contributed by atoms with Gasteiger partial charge in [-0.1, -0.05) is 12.1 Å². The first-order valence-corrected chi connectivity index (χ1v) is 10.0. The second-order valence-corrected chi connectivity index (χ2v) is 8.41. The Bertz CT molecular complexity index is 849. The third kappa shape index (κ3) is 5.12. The summed E-state index contributed by atoms with van der Waals surface area (Å²) in [6.07, 6.45) is 3.40. The van der Waals surface area contributed by atoms with Gasteiger partial charge in [0.2, 0.25) is 10.0 Å². The summed E-state index contributed by atoms with van der Waals surface area (Å²) in [5.74, 6) is -0.217. The second-order valence-electron chi connectivity index (χ2n) is 6.69. The molecule has 1 amide bonds. The molecule has 7 heteroatoms. The number of nitrogens with one attached hydrogen (secondary N) is 1. The molecule has 0 unspecified atom stereocenters. The number of carbonyl (C=O) groups excluding carboxylic acids is 1. The van der Waals surface area contributed by atoms with Crippen molar-refractivity contribution in [2.75, 3.05) is 0 Å². The summed E-state index contributed by atoms with van der Waals surface area (Å²) in [5.41, 5.74) is 1.26. The predicted molar refractivity (Wildman–Crippen MR) is 101 cm³/mol. The van der Waals surface area contributed by atoms with Crippen LogP contribution in [0.2, 0.25) is 0 Å². The van der Waals surface area contributed by atoms with Gasteiger partial charge in [-0.25, -0.2) is 13.1 Å².